The summed E-state index contributed by atoms with van der Waals surface area (Å²) in [5.41, 5.74) is -0.104. The molecule has 0 fully saturated rings. The minimum absolute atomic E-state index is 0.104. The molecule has 10 heavy (non-hydrogen) atoms. The van der Waals surface area contributed by atoms with E-state index in [1.165, 1.54) is 6.07 Å². The molecule has 0 saturated heterocycles. The Labute approximate surface area is 61.7 Å². The van der Waals surface area contributed by atoms with Crippen LogP contribution in [0.5, 0.6) is 0 Å². The third kappa shape index (κ3) is 1.27. The van der Waals surface area contributed by atoms with E-state index in [9.17, 15) is 9.18 Å². The highest BCUT2D eigenvalue weighted by Gasteiger charge is 1.97. The summed E-state index contributed by atoms with van der Waals surface area (Å²) < 4.78 is 12.8. The van der Waals surface area contributed by atoms with Crippen molar-refractivity contribution in [1.29, 1.82) is 0 Å². The fraction of sp³-hybridized carbons (Fsp3) is 0. The van der Waals surface area contributed by atoms with Crippen LogP contribution in [0, 0.1) is 10.5 Å². The number of H-pyrrole nitrogens is 1. The first-order chi connectivity index (χ1) is 4.74. The Hall–Kier alpha value is -1.03. The van der Waals surface area contributed by atoms with Crippen molar-refractivity contribution in [2.45, 2.75) is 0 Å². The van der Waals surface area contributed by atoms with Crippen molar-refractivity contribution in [3.8, 4) is 0 Å². The minimum atomic E-state index is -0.580. The SMILES string of the molecule is O=Cc1[nH]c(=S)ccc1F. The summed E-state index contributed by atoms with van der Waals surface area (Å²) in [5.74, 6) is -0.580. The lowest BCUT2D eigenvalue weighted by molar-refractivity contribution is 0.111. The molecule has 0 amide bonds. The Morgan fingerprint density at radius 2 is 2.30 bits per heavy atom. The van der Waals surface area contributed by atoms with E-state index in [4.69, 9.17) is 0 Å². The quantitative estimate of drug-likeness (QED) is 0.497. The van der Waals surface area contributed by atoms with Crippen LogP contribution in [0.25, 0.3) is 0 Å². The van der Waals surface area contributed by atoms with Gasteiger partial charge in [-0.05, 0) is 12.1 Å². The maximum absolute atomic E-state index is 12.5. The van der Waals surface area contributed by atoms with Crippen molar-refractivity contribution in [1.82, 2.24) is 4.98 Å². The van der Waals surface area contributed by atoms with Crippen LogP contribution in [0.4, 0.5) is 4.39 Å². The molecule has 52 valence electrons. The Morgan fingerprint density at radius 1 is 1.60 bits per heavy atom. The summed E-state index contributed by atoms with van der Waals surface area (Å²) in [6, 6.07) is 2.54. The number of hydrogen-bond donors (Lipinski definition) is 1. The molecule has 1 aromatic heterocycles. The molecule has 0 spiro atoms. The van der Waals surface area contributed by atoms with Gasteiger partial charge in [0.15, 0.2) is 6.29 Å². The van der Waals surface area contributed by atoms with Gasteiger partial charge in [-0.1, -0.05) is 12.2 Å². The van der Waals surface area contributed by atoms with Crippen LogP contribution in [0.1, 0.15) is 10.5 Å². The maximum atomic E-state index is 12.5. The van der Waals surface area contributed by atoms with Gasteiger partial charge in [0.05, 0.1) is 0 Å². The topological polar surface area (TPSA) is 32.9 Å². The molecule has 1 N–H and O–H groups in total. The molecule has 0 bridgehead atoms. The fourth-order valence-electron chi connectivity index (χ4n) is 0.558. The predicted molar refractivity (Wildman–Crippen MR) is 37.0 cm³/mol. The molecule has 0 saturated carbocycles. The number of pyridine rings is 1. The van der Waals surface area contributed by atoms with Crippen LogP contribution in [0.3, 0.4) is 0 Å². The summed E-state index contributed by atoms with van der Waals surface area (Å²) in [6.07, 6.45) is 0.394. The van der Waals surface area contributed by atoms with Crippen molar-refractivity contribution in [3.63, 3.8) is 0 Å². The average molecular weight is 157 g/mol. The molecule has 0 aliphatic rings. The lowest BCUT2D eigenvalue weighted by atomic mass is 10.4. The normalized spacial score (nSPS) is 9.30. The molecule has 1 rings (SSSR count). The summed E-state index contributed by atoms with van der Waals surface area (Å²) in [5, 5.41) is 0. The van der Waals surface area contributed by atoms with Crippen LogP contribution in [-0.4, -0.2) is 11.3 Å². The van der Waals surface area contributed by atoms with Gasteiger partial charge >= 0.3 is 0 Å². The van der Waals surface area contributed by atoms with E-state index in [0.29, 0.717) is 10.9 Å². The van der Waals surface area contributed by atoms with Crippen LogP contribution in [0.15, 0.2) is 12.1 Å². The van der Waals surface area contributed by atoms with Gasteiger partial charge in [-0.3, -0.25) is 4.79 Å². The van der Waals surface area contributed by atoms with E-state index in [1.54, 1.807) is 0 Å². The third-order valence-corrected chi connectivity index (χ3v) is 1.25. The maximum Gasteiger partial charge on any atom is 0.169 e. The molecule has 4 heteroatoms. The van der Waals surface area contributed by atoms with Crippen molar-refractivity contribution in [3.05, 3.63) is 28.3 Å². The van der Waals surface area contributed by atoms with E-state index in [-0.39, 0.29) is 5.69 Å². The molecule has 0 unspecified atom stereocenters. The Bertz CT molecular complexity index is 307. The Kier molecular flexibility index (Phi) is 1.91. The van der Waals surface area contributed by atoms with Gasteiger partial charge in [-0.25, -0.2) is 4.39 Å². The van der Waals surface area contributed by atoms with Crippen molar-refractivity contribution in [2.75, 3.05) is 0 Å². The number of carbonyl (C=O) groups is 1. The van der Waals surface area contributed by atoms with Gasteiger partial charge < -0.3 is 4.98 Å². The summed E-state index contributed by atoms with van der Waals surface area (Å²) >= 11 is 4.64. The second-order valence-electron chi connectivity index (χ2n) is 1.70. The lowest BCUT2D eigenvalue weighted by Gasteiger charge is -1.91. The van der Waals surface area contributed by atoms with Gasteiger partial charge in [-0.2, -0.15) is 0 Å². The van der Waals surface area contributed by atoms with E-state index >= 15 is 0 Å². The van der Waals surface area contributed by atoms with Crippen molar-refractivity contribution in [2.24, 2.45) is 0 Å². The number of aromatic nitrogens is 1. The molecule has 0 aromatic carbocycles. The summed E-state index contributed by atoms with van der Waals surface area (Å²) in [6.45, 7) is 0. The largest absolute Gasteiger partial charge is 0.342 e. The highest BCUT2D eigenvalue weighted by Crippen LogP contribution is 1.99. The zero-order valence-electron chi connectivity index (χ0n) is 4.93. The highest BCUT2D eigenvalue weighted by atomic mass is 32.1. The van der Waals surface area contributed by atoms with Gasteiger partial charge in [0.2, 0.25) is 0 Å². The van der Waals surface area contributed by atoms with Gasteiger partial charge in [0.1, 0.15) is 16.2 Å². The first-order valence-electron chi connectivity index (χ1n) is 2.58. The van der Waals surface area contributed by atoms with Gasteiger partial charge in [0, 0.05) is 0 Å². The van der Waals surface area contributed by atoms with Crippen LogP contribution in [-0.2, 0) is 0 Å². The number of aldehydes is 1. The zero-order valence-corrected chi connectivity index (χ0v) is 5.74. The summed E-state index contributed by atoms with van der Waals surface area (Å²) in [7, 11) is 0. The van der Waals surface area contributed by atoms with Gasteiger partial charge in [-0.15, -0.1) is 0 Å². The van der Waals surface area contributed by atoms with Crippen LogP contribution >= 0.6 is 12.2 Å². The second kappa shape index (κ2) is 2.70. The standard InChI is InChI=1S/C6H4FNOS/c7-4-1-2-6(10)8-5(4)3-9/h1-3H,(H,8,10). The Morgan fingerprint density at radius 3 is 2.80 bits per heavy atom. The van der Waals surface area contributed by atoms with Crippen molar-refractivity contribution < 1.29 is 9.18 Å². The molecular formula is C6H4FNOS. The Balaban J connectivity index is 3.35. The molecule has 2 nitrogen and oxygen atoms in total. The predicted octanol–water partition coefficient (Wildman–Crippen LogP) is 1.70. The average Bonchev–Trinajstić information content (AvgIpc) is 1.94. The molecule has 0 aliphatic heterocycles. The highest BCUT2D eigenvalue weighted by molar-refractivity contribution is 7.71. The number of aromatic amines is 1. The second-order valence-corrected chi connectivity index (χ2v) is 2.14. The van der Waals surface area contributed by atoms with Crippen LogP contribution in [0.2, 0.25) is 0 Å². The van der Waals surface area contributed by atoms with Crippen molar-refractivity contribution >= 4 is 18.5 Å². The zero-order chi connectivity index (χ0) is 7.56. The monoisotopic (exact) mass is 157 g/mol. The number of carbonyl (C=O) groups excluding carboxylic acids is 1. The molecular weight excluding hydrogens is 153 g/mol. The molecule has 0 radical (unpaired) electrons. The number of hydrogen-bond acceptors (Lipinski definition) is 2. The van der Waals surface area contributed by atoms with E-state index in [0.717, 1.165) is 6.07 Å². The molecule has 0 atom stereocenters. The number of nitrogens with one attached hydrogen (secondary N) is 1. The van der Waals surface area contributed by atoms with E-state index in [1.807, 2.05) is 0 Å². The summed E-state index contributed by atoms with van der Waals surface area (Å²) in [4.78, 5) is 12.5. The number of rotatable bonds is 1. The molecule has 1 aromatic rings. The first-order valence-corrected chi connectivity index (χ1v) is 2.99. The molecule has 0 aliphatic carbocycles. The number of halogens is 1. The fourth-order valence-corrected chi connectivity index (χ4v) is 0.736. The third-order valence-electron chi connectivity index (χ3n) is 1.01. The van der Waals surface area contributed by atoms with Gasteiger partial charge in [0.25, 0.3) is 0 Å². The minimum Gasteiger partial charge on any atom is -0.342 e. The van der Waals surface area contributed by atoms with E-state index < -0.39 is 5.82 Å². The van der Waals surface area contributed by atoms with Crippen LogP contribution < -0.4 is 0 Å². The molecule has 1 heterocycles. The lowest BCUT2D eigenvalue weighted by Crippen LogP contribution is -1.91. The first kappa shape index (κ1) is 7.08. The smallest absolute Gasteiger partial charge is 0.169 e. The van der Waals surface area contributed by atoms with E-state index in [2.05, 4.69) is 17.2 Å².